The van der Waals surface area contributed by atoms with Gasteiger partial charge in [0.2, 0.25) is 0 Å². The van der Waals surface area contributed by atoms with E-state index in [1.54, 1.807) is 25.1 Å². The zero-order valence-electron chi connectivity index (χ0n) is 11.7. The number of aryl methyl sites for hydroxylation is 1. The highest BCUT2D eigenvalue weighted by Crippen LogP contribution is 2.27. The molecule has 2 aromatic rings. The molecule has 20 heavy (non-hydrogen) atoms. The average molecular weight is 296 g/mol. The smallest absolute Gasteiger partial charge is 0.287 e. The van der Waals surface area contributed by atoms with Crippen LogP contribution in [0.4, 0.5) is 0 Å². The van der Waals surface area contributed by atoms with E-state index in [0.717, 1.165) is 10.9 Å². The van der Waals surface area contributed by atoms with Gasteiger partial charge in [-0.1, -0.05) is 11.6 Å². The highest BCUT2D eigenvalue weighted by atomic mass is 35.5. The Morgan fingerprint density at radius 1 is 1.45 bits per heavy atom. The Bertz CT molecular complexity index is 633. The third-order valence-corrected chi connectivity index (χ3v) is 3.41. The Morgan fingerprint density at radius 2 is 2.15 bits per heavy atom. The van der Waals surface area contributed by atoms with Crippen LogP contribution in [0.3, 0.4) is 0 Å². The Balaban J connectivity index is 2.24. The molecule has 0 saturated carbocycles. The summed E-state index contributed by atoms with van der Waals surface area (Å²) in [7, 11) is 0. The summed E-state index contributed by atoms with van der Waals surface area (Å²) in [6, 6.07) is 5.13. The maximum atomic E-state index is 12.2. The Morgan fingerprint density at radius 3 is 2.80 bits per heavy atom. The normalized spacial score (nSPS) is 14.2. The molecule has 2 unspecified atom stereocenters. The molecule has 0 radical (unpaired) electrons. The zero-order valence-corrected chi connectivity index (χ0v) is 12.5. The Kier molecular flexibility index (Phi) is 4.35. The van der Waals surface area contributed by atoms with E-state index in [9.17, 15) is 9.90 Å². The molecule has 1 heterocycles. The fraction of sp³-hybridized carbons (Fsp3) is 0.400. The van der Waals surface area contributed by atoms with Gasteiger partial charge in [-0.05, 0) is 45.4 Å². The third kappa shape index (κ3) is 3.14. The number of aliphatic hydroxyl groups excluding tert-OH is 1. The molecule has 108 valence electrons. The second-order valence-corrected chi connectivity index (χ2v) is 5.59. The van der Waals surface area contributed by atoms with Crippen molar-refractivity contribution in [2.75, 3.05) is 0 Å². The molecule has 4 nitrogen and oxygen atoms in total. The molecule has 1 aromatic heterocycles. The summed E-state index contributed by atoms with van der Waals surface area (Å²) >= 11 is 5.95. The molecule has 0 aliphatic heterocycles. The van der Waals surface area contributed by atoms with Crippen molar-refractivity contribution in [1.29, 1.82) is 0 Å². The van der Waals surface area contributed by atoms with Crippen molar-refractivity contribution in [2.24, 2.45) is 0 Å². The van der Waals surface area contributed by atoms with Gasteiger partial charge >= 0.3 is 0 Å². The summed E-state index contributed by atoms with van der Waals surface area (Å²) in [5.74, 6) is 0.0164. The predicted molar refractivity (Wildman–Crippen MR) is 79.2 cm³/mol. The van der Waals surface area contributed by atoms with Gasteiger partial charge in [0.15, 0.2) is 5.76 Å². The van der Waals surface area contributed by atoms with Crippen LogP contribution in [0.25, 0.3) is 11.0 Å². The lowest BCUT2D eigenvalue weighted by atomic mass is 10.1. The second-order valence-electron chi connectivity index (χ2n) is 5.16. The second kappa shape index (κ2) is 5.85. The van der Waals surface area contributed by atoms with Crippen LogP contribution in [-0.4, -0.2) is 23.2 Å². The lowest BCUT2D eigenvalue weighted by molar-refractivity contribution is 0.0896. The first-order valence-corrected chi connectivity index (χ1v) is 6.94. The van der Waals surface area contributed by atoms with Gasteiger partial charge in [0.05, 0.1) is 6.10 Å². The zero-order chi connectivity index (χ0) is 14.9. The van der Waals surface area contributed by atoms with Crippen LogP contribution >= 0.6 is 11.6 Å². The van der Waals surface area contributed by atoms with Crippen molar-refractivity contribution in [1.82, 2.24) is 5.32 Å². The van der Waals surface area contributed by atoms with Crippen molar-refractivity contribution in [3.8, 4) is 0 Å². The first-order chi connectivity index (χ1) is 9.38. The van der Waals surface area contributed by atoms with Gasteiger partial charge in [-0.25, -0.2) is 0 Å². The summed E-state index contributed by atoms with van der Waals surface area (Å²) < 4.78 is 5.59. The number of hydrogen-bond donors (Lipinski definition) is 2. The third-order valence-electron chi connectivity index (χ3n) is 3.18. The number of amides is 1. The van der Waals surface area contributed by atoms with E-state index in [0.29, 0.717) is 22.8 Å². The number of aliphatic hydroxyl groups is 1. The first-order valence-electron chi connectivity index (χ1n) is 6.56. The van der Waals surface area contributed by atoms with Crippen LogP contribution in [0.2, 0.25) is 5.02 Å². The summed E-state index contributed by atoms with van der Waals surface area (Å²) in [5.41, 5.74) is 1.41. The predicted octanol–water partition coefficient (Wildman–Crippen LogP) is 3.28. The lowest BCUT2D eigenvalue weighted by Crippen LogP contribution is -2.34. The number of carbonyl (C=O) groups is 1. The number of furan rings is 1. The number of benzene rings is 1. The molecule has 5 heteroatoms. The number of halogens is 1. The molecule has 0 spiro atoms. The minimum absolute atomic E-state index is 0.126. The molecular weight excluding hydrogens is 278 g/mol. The maximum absolute atomic E-state index is 12.2. The number of carbonyl (C=O) groups excluding carboxylic acids is 1. The van der Waals surface area contributed by atoms with Gasteiger partial charge in [0.25, 0.3) is 5.91 Å². The van der Waals surface area contributed by atoms with Crippen molar-refractivity contribution in [2.45, 2.75) is 39.3 Å². The maximum Gasteiger partial charge on any atom is 0.287 e. The molecule has 0 aliphatic carbocycles. The van der Waals surface area contributed by atoms with E-state index in [2.05, 4.69) is 5.32 Å². The largest absolute Gasteiger partial charge is 0.451 e. The van der Waals surface area contributed by atoms with Crippen molar-refractivity contribution >= 4 is 28.5 Å². The molecule has 1 aromatic carbocycles. The summed E-state index contributed by atoms with van der Waals surface area (Å²) in [4.78, 5) is 12.2. The van der Waals surface area contributed by atoms with Crippen LogP contribution in [0.1, 0.15) is 36.4 Å². The number of rotatable bonds is 4. The minimum atomic E-state index is -0.458. The first kappa shape index (κ1) is 14.9. The minimum Gasteiger partial charge on any atom is -0.451 e. The quantitative estimate of drug-likeness (QED) is 0.910. The Labute approximate surface area is 122 Å². The van der Waals surface area contributed by atoms with E-state index in [1.807, 2.05) is 13.8 Å². The molecule has 0 bridgehead atoms. The van der Waals surface area contributed by atoms with E-state index in [1.165, 1.54) is 0 Å². The summed E-state index contributed by atoms with van der Waals surface area (Å²) in [6.45, 7) is 5.37. The number of nitrogens with one attached hydrogen (secondary N) is 1. The fourth-order valence-corrected chi connectivity index (χ4v) is 2.44. The van der Waals surface area contributed by atoms with E-state index in [4.69, 9.17) is 16.0 Å². The summed E-state index contributed by atoms with van der Waals surface area (Å²) in [6.07, 6.45) is 0.0393. The number of fused-ring (bicyclic) bond motifs is 1. The van der Waals surface area contributed by atoms with Gasteiger partial charge in [-0.2, -0.15) is 0 Å². The molecule has 2 rings (SSSR count). The van der Waals surface area contributed by atoms with Crippen LogP contribution < -0.4 is 5.32 Å². The van der Waals surface area contributed by atoms with E-state index < -0.39 is 6.10 Å². The van der Waals surface area contributed by atoms with Gasteiger partial charge < -0.3 is 14.8 Å². The SMILES string of the molecule is Cc1c(C(=O)NC(C)CC(C)O)oc2ccc(Cl)cc12. The molecular formula is C15H18ClNO3. The number of hydrogen-bond acceptors (Lipinski definition) is 3. The van der Waals surface area contributed by atoms with Gasteiger partial charge in [-0.15, -0.1) is 0 Å². The highest BCUT2D eigenvalue weighted by molar-refractivity contribution is 6.31. The molecule has 0 aliphatic rings. The van der Waals surface area contributed by atoms with E-state index >= 15 is 0 Å². The van der Waals surface area contributed by atoms with Gasteiger partial charge in [-0.3, -0.25) is 4.79 Å². The Hall–Kier alpha value is -1.52. The van der Waals surface area contributed by atoms with Crippen LogP contribution in [0.15, 0.2) is 22.6 Å². The van der Waals surface area contributed by atoms with E-state index in [-0.39, 0.29) is 11.9 Å². The molecule has 0 fully saturated rings. The standard InChI is InChI=1S/C15H18ClNO3/c1-8(6-9(2)18)17-15(19)14-10(3)12-7-11(16)4-5-13(12)20-14/h4-5,7-9,18H,6H2,1-3H3,(H,17,19). The molecule has 1 amide bonds. The average Bonchev–Trinajstić information content (AvgIpc) is 2.65. The van der Waals surface area contributed by atoms with Crippen molar-refractivity contribution in [3.05, 3.63) is 34.5 Å². The van der Waals surface area contributed by atoms with Gasteiger partial charge in [0.1, 0.15) is 5.58 Å². The molecule has 2 N–H and O–H groups in total. The molecule has 0 saturated heterocycles. The summed E-state index contributed by atoms with van der Waals surface area (Å²) in [5, 5.41) is 13.6. The van der Waals surface area contributed by atoms with Crippen LogP contribution in [0, 0.1) is 6.92 Å². The van der Waals surface area contributed by atoms with Gasteiger partial charge in [0, 0.05) is 22.0 Å². The van der Waals surface area contributed by atoms with Crippen molar-refractivity contribution < 1.29 is 14.3 Å². The van der Waals surface area contributed by atoms with Crippen molar-refractivity contribution in [3.63, 3.8) is 0 Å². The highest BCUT2D eigenvalue weighted by Gasteiger charge is 2.19. The fourth-order valence-electron chi connectivity index (χ4n) is 2.27. The monoisotopic (exact) mass is 295 g/mol. The van der Waals surface area contributed by atoms with Crippen LogP contribution in [0.5, 0.6) is 0 Å². The molecule has 2 atom stereocenters. The topological polar surface area (TPSA) is 62.5 Å². The van der Waals surface area contributed by atoms with Crippen LogP contribution in [-0.2, 0) is 0 Å². The lowest BCUT2D eigenvalue weighted by Gasteiger charge is -2.14.